The van der Waals surface area contributed by atoms with E-state index < -0.39 is 10.8 Å². The van der Waals surface area contributed by atoms with E-state index in [1.807, 2.05) is 0 Å². The SMILES string of the molecule is CNc1cc(C(=O)Nc2cn[nH]c2)c([N+](=O)[O-])cn1. The van der Waals surface area contributed by atoms with Gasteiger partial charge >= 0.3 is 0 Å². The minimum absolute atomic E-state index is 0.0782. The minimum Gasteiger partial charge on any atom is -0.373 e. The third-order valence-corrected chi connectivity index (χ3v) is 2.34. The van der Waals surface area contributed by atoms with Gasteiger partial charge in [-0.1, -0.05) is 0 Å². The normalized spacial score (nSPS) is 9.95. The van der Waals surface area contributed by atoms with Gasteiger partial charge < -0.3 is 10.6 Å². The van der Waals surface area contributed by atoms with Crippen molar-refractivity contribution < 1.29 is 9.72 Å². The van der Waals surface area contributed by atoms with Crippen molar-refractivity contribution >= 4 is 23.1 Å². The first-order valence-corrected chi connectivity index (χ1v) is 5.24. The lowest BCUT2D eigenvalue weighted by Gasteiger charge is -2.05. The molecule has 0 aliphatic heterocycles. The molecule has 0 saturated heterocycles. The number of pyridine rings is 1. The summed E-state index contributed by atoms with van der Waals surface area (Å²) >= 11 is 0. The van der Waals surface area contributed by atoms with Crippen LogP contribution in [-0.2, 0) is 0 Å². The quantitative estimate of drug-likeness (QED) is 0.557. The number of H-pyrrole nitrogens is 1. The Labute approximate surface area is 107 Å². The van der Waals surface area contributed by atoms with E-state index in [1.54, 1.807) is 7.05 Å². The van der Waals surface area contributed by atoms with Crippen LogP contribution in [0.2, 0.25) is 0 Å². The highest BCUT2D eigenvalue weighted by atomic mass is 16.6. The number of nitrogens with zero attached hydrogens (tertiary/aromatic N) is 3. The first-order chi connectivity index (χ1) is 9.11. The molecule has 2 aromatic rings. The maximum Gasteiger partial charge on any atom is 0.300 e. The molecule has 2 aromatic heterocycles. The molecule has 19 heavy (non-hydrogen) atoms. The van der Waals surface area contributed by atoms with E-state index in [-0.39, 0.29) is 11.3 Å². The van der Waals surface area contributed by atoms with Crippen molar-refractivity contribution in [2.75, 3.05) is 17.7 Å². The molecule has 0 radical (unpaired) electrons. The highest BCUT2D eigenvalue weighted by molar-refractivity contribution is 6.07. The van der Waals surface area contributed by atoms with Crippen LogP contribution in [0.5, 0.6) is 0 Å². The third-order valence-electron chi connectivity index (χ3n) is 2.34. The van der Waals surface area contributed by atoms with Crippen molar-refractivity contribution in [1.82, 2.24) is 15.2 Å². The summed E-state index contributed by atoms with van der Waals surface area (Å²) in [4.78, 5) is 26.0. The average Bonchev–Trinajstić information content (AvgIpc) is 2.90. The molecule has 0 bridgehead atoms. The fourth-order valence-electron chi connectivity index (χ4n) is 1.43. The Bertz CT molecular complexity index is 610. The summed E-state index contributed by atoms with van der Waals surface area (Å²) in [7, 11) is 1.60. The average molecular weight is 262 g/mol. The first-order valence-electron chi connectivity index (χ1n) is 5.24. The number of hydrogen-bond acceptors (Lipinski definition) is 6. The van der Waals surface area contributed by atoms with Gasteiger partial charge in [0.05, 0.1) is 16.8 Å². The molecule has 0 aromatic carbocycles. The van der Waals surface area contributed by atoms with E-state index >= 15 is 0 Å². The van der Waals surface area contributed by atoms with Crippen molar-refractivity contribution in [1.29, 1.82) is 0 Å². The third kappa shape index (κ3) is 2.65. The lowest BCUT2D eigenvalue weighted by Crippen LogP contribution is -2.14. The van der Waals surface area contributed by atoms with Gasteiger partial charge in [-0.2, -0.15) is 5.10 Å². The second-order valence-electron chi connectivity index (χ2n) is 3.53. The van der Waals surface area contributed by atoms with Gasteiger partial charge in [0.25, 0.3) is 11.6 Å². The molecule has 9 heteroatoms. The van der Waals surface area contributed by atoms with Crippen LogP contribution in [0.1, 0.15) is 10.4 Å². The Morgan fingerprint density at radius 1 is 1.47 bits per heavy atom. The zero-order valence-corrected chi connectivity index (χ0v) is 9.88. The molecule has 3 N–H and O–H groups in total. The Kier molecular flexibility index (Phi) is 3.37. The summed E-state index contributed by atoms with van der Waals surface area (Å²) in [6.07, 6.45) is 3.89. The number of anilines is 2. The van der Waals surface area contributed by atoms with Gasteiger partial charge in [0.15, 0.2) is 0 Å². The summed E-state index contributed by atoms with van der Waals surface area (Å²) in [6.45, 7) is 0. The molecule has 0 spiro atoms. The standard InChI is InChI=1S/C10H10N6O3/c1-11-9-2-7(8(5-12-9)16(18)19)10(17)15-6-3-13-14-4-6/h2-5H,1H3,(H,11,12)(H,13,14)(H,15,17). The monoisotopic (exact) mass is 262 g/mol. The molecule has 0 atom stereocenters. The number of aromatic nitrogens is 3. The number of amides is 1. The lowest BCUT2D eigenvalue weighted by atomic mass is 10.2. The Morgan fingerprint density at radius 3 is 2.84 bits per heavy atom. The highest BCUT2D eigenvalue weighted by Crippen LogP contribution is 2.21. The maximum atomic E-state index is 12.0. The number of carbonyl (C=O) groups excluding carboxylic acids is 1. The van der Waals surface area contributed by atoms with Crippen LogP contribution in [0.25, 0.3) is 0 Å². The van der Waals surface area contributed by atoms with Crippen molar-refractivity contribution in [3.8, 4) is 0 Å². The smallest absolute Gasteiger partial charge is 0.300 e. The van der Waals surface area contributed by atoms with Crippen LogP contribution in [0.3, 0.4) is 0 Å². The molecule has 1 amide bonds. The van der Waals surface area contributed by atoms with E-state index in [9.17, 15) is 14.9 Å². The van der Waals surface area contributed by atoms with Crippen molar-refractivity contribution in [3.05, 3.63) is 40.3 Å². The Balaban J connectivity index is 2.35. The number of nitro groups is 1. The Morgan fingerprint density at radius 2 is 2.26 bits per heavy atom. The fourth-order valence-corrected chi connectivity index (χ4v) is 1.43. The number of hydrogen-bond donors (Lipinski definition) is 3. The maximum absolute atomic E-state index is 12.0. The topological polar surface area (TPSA) is 126 Å². The fraction of sp³-hybridized carbons (Fsp3) is 0.100. The molecular weight excluding hydrogens is 252 g/mol. The van der Waals surface area contributed by atoms with E-state index in [0.717, 1.165) is 6.20 Å². The summed E-state index contributed by atoms with van der Waals surface area (Å²) in [5.41, 5.74) is -0.0207. The van der Waals surface area contributed by atoms with E-state index in [0.29, 0.717) is 11.5 Å². The van der Waals surface area contributed by atoms with Crippen LogP contribution in [0, 0.1) is 10.1 Å². The number of rotatable bonds is 4. The van der Waals surface area contributed by atoms with Crippen molar-refractivity contribution in [2.45, 2.75) is 0 Å². The van der Waals surface area contributed by atoms with Crippen LogP contribution in [0.15, 0.2) is 24.7 Å². The zero-order valence-electron chi connectivity index (χ0n) is 9.88. The highest BCUT2D eigenvalue weighted by Gasteiger charge is 2.21. The van der Waals surface area contributed by atoms with E-state index in [1.165, 1.54) is 18.5 Å². The minimum atomic E-state index is -0.656. The van der Waals surface area contributed by atoms with Gasteiger partial charge in [-0.15, -0.1) is 0 Å². The van der Waals surface area contributed by atoms with Gasteiger partial charge in [-0.25, -0.2) is 4.98 Å². The molecule has 0 aliphatic rings. The van der Waals surface area contributed by atoms with Crippen LogP contribution >= 0.6 is 0 Å². The second-order valence-corrected chi connectivity index (χ2v) is 3.53. The number of aromatic amines is 1. The molecule has 2 heterocycles. The molecule has 98 valence electrons. The lowest BCUT2D eigenvalue weighted by molar-refractivity contribution is -0.385. The molecule has 0 saturated carbocycles. The predicted octanol–water partition coefficient (Wildman–Crippen LogP) is 1.01. The number of carbonyl (C=O) groups is 1. The summed E-state index contributed by atoms with van der Waals surface area (Å²) in [6, 6.07) is 1.31. The molecule has 9 nitrogen and oxygen atoms in total. The van der Waals surface area contributed by atoms with Gasteiger partial charge in [0, 0.05) is 19.3 Å². The summed E-state index contributed by atoms with van der Waals surface area (Å²) in [5.74, 6) is -0.241. The number of nitrogens with one attached hydrogen (secondary N) is 3. The second kappa shape index (κ2) is 5.12. The largest absolute Gasteiger partial charge is 0.373 e. The molecular formula is C10H10N6O3. The Hall–Kier alpha value is -2.97. The van der Waals surface area contributed by atoms with Gasteiger partial charge in [-0.3, -0.25) is 20.0 Å². The van der Waals surface area contributed by atoms with Crippen molar-refractivity contribution in [3.63, 3.8) is 0 Å². The summed E-state index contributed by atoms with van der Waals surface area (Å²) in [5, 5.41) is 22.3. The summed E-state index contributed by atoms with van der Waals surface area (Å²) < 4.78 is 0. The van der Waals surface area contributed by atoms with Crippen LogP contribution in [-0.4, -0.2) is 33.1 Å². The van der Waals surface area contributed by atoms with E-state index in [4.69, 9.17) is 0 Å². The molecule has 2 rings (SSSR count). The van der Waals surface area contributed by atoms with Crippen LogP contribution in [0.4, 0.5) is 17.2 Å². The van der Waals surface area contributed by atoms with Crippen LogP contribution < -0.4 is 10.6 Å². The molecule has 0 aliphatic carbocycles. The predicted molar refractivity (Wildman–Crippen MR) is 67.0 cm³/mol. The first kappa shape index (κ1) is 12.5. The van der Waals surface area contributed by atoms with E-state index in [2.05, 4.69) is 25.8 Å². The zero-order chi connectivity index (χ0) is 13.8. The van der Waals surface area contributed by atoms with Gasteiger partial charge in [-0.05, 0) is 0 Å². The van der Waals surface area contributed by atoms with Gasteiger partial charge in [0.2, 0.25) is 0 Å². The van der Waals surface area contributed by atoms with Gasteiger partial charge in [0.1, 0.15) is 17.6 Å². The molecule has 0 unspecified atom stereocenters. The molecule has 0 fully saturated rings. The van der Waals surface area contributed by atoms with Crippen molar-refractivity contribution in [2.24, 2.45) is 0 Å².